The monoisotopic (exact) mass is 366 g/mol. The highest BCUT2D eigenvalue weighted by atomic mass is 35.5. The van der Waals surface area contributed by atoms with E-state index < -0.39 is 0 Å². The maximum atomic E-state index is 11.8. The summed E-state index contributed by atoms with van der Waals surface area (Å²) in [6.07, 6.45) is 8.31. The number of aliphatic imine (C=N–C) groups is 1. The summed E-state index contributed by atoms with van der Waals surface area (Å²) in [4.78, 5) is 20.0. The number of esters is 1. The number of halogens is 1. The zero-order valence-corrected chi connectivity index (χ0v) is 15.5. The van der Waals surface area contributed by atoms with E-state index in [1.54, 1.807) is 19.3 Å². The van der Waals surface area contributed by atoms with Crippen molar-refractivity contribution < 1.29 is 9.53 Å². The van der Waals surface area contributed by atoms with Crippen molar-refractivity contribution in [1.29, 1.82) is 0 Å². The number of carbonyl (C=O) groups is 1. The molecule has 6 nitrogen and oxygen atoms in total. The van der Waals surface area contributed by atoms with Gasteiger partial charge in [-0.2, -0.15) is 0 Å². The molecule has 0 aromatic carbocycles. The van der Waals surface area contributed by atoms with Crippen LogP contribution in [0.15, 0.2) is 23.3 Å². The molecule has 1 aliphatic rings. The molecule has 0 amide bonds. The van der Waals surface area contributed by atoms with Crippen molar-refractivity contribution in [3.8, 4) is 0 Å². The van der Waals surface area contributed by atoms with Gasteiger partial charge in [-0.25, -0.2) is 4.98 Å². The maximum absolute atomic E-state index is 11.8. The Kier molecular flexibility index (Phi) is 8.52. The fourth-order valence-corrected chi connectivity index (χ4v) is 2.90. The molecule has 1 fully saturated rings. The molecule has 0 saturated heterocycles. The molecule has 1 aromatic rings. The zero-order valence-electron chi connectivity index (χ0n) is 14.8. The molecule has 1 saturated carbocycles. The molecule has 1 heterocycles. The van der Waals surface area contributed by atoms with Crippen LogP contribution in [0.25, 0.3) is 0 Å². The van der Waals surface area contributed by atoms with E-state index in [0.29, 0.717) is 18.1 Å². The summed E-state index contributed by atoms with van der Waals surface area (Å²) in [5.74, 6) is 0.637. The Hall–Kier alpha value is -1.82. The van der Waals surface area contributed by atoms with Crippen LogP contribution in [0, 0.1) is 0 Å². The number of nitrogens with one attached hydrogen (secondary N) is 2. The SMILES string of the molecule is CN=C(NCCCC(=O)OC1CCCC1)NCCc1ccc(Cl)nc1. The summed E-state index contributed by atoms with van der Waals surface area (Å²) < 4.78 is 5.44. The fraction of sp³-hybridized carbons (Fsp3) is 0.611. The maximum Gasteiger partial charge on any atom is 0.306 e. The predicted octanol–water partition coefficient (Wildman–Crippen LogP) is 2.71. The van der Waals surface area contributed by atoms with Gasteiger partial charge in [0.05, 0.1) is 0 Å². The first-order valence-corrected chi connectivity index (χ1v) is 9.29. The summed E-state index contributed by atoms with van der Waals surface area (Å²) >= 11 is 5.77. The second kappa shape index (κ2) is 10.9. The molecule has 2 N–H and O–H groups in total. The van der Waals surface area contributed by atoms with Gasteiger partial charge >= 0.3 is 5.97 Å². The summed E-state index contributed by atoms with van der Waals surface area (Å²) in [6.45, 7) is 1.43. The Balaban J connectivity index is 1.55. The molecule has 1 aromatic heterocycles. The summed E-state index contributed by atoms with van der Waals surface area (Å²) in [7, 11) is 1.73. The number of nitrogens with zero attached hydrogens (tertiary/aromatic N) is 2. The van der Waals surface area contributed by atoms with Crippen LogP contribution < -0.4 is 10.6 Å². The lowest BCUT2D eigenvalue weighted by Gasteiger charge is -2.13. The number of hydrogen-bond donors (Lipinski definition) is 2. The average Bonchev–Trinajstić information content (AvgIpc) is 3.11. The molecular formula is C18H27ClN4O2. The molecule has 0 radical (unpaired) electrons. The van der Waals surface area contributed by atoms with Crippen molar-refractivity contribution in [3.63, 3.8) is 0 Å². The first-order chi connectivity index (χ1) is 12.2. The fourth-order valence-electron chi connectivity index (χ4n) is 2.79. The minimum Gasteiger partial charge on any atom is -0.462 e. The molecule has 7 heteroatoms. The number of ether oxygens (including phenoxy) is 1. The number of carbonyl (C=O) groups excluding carboxylic acids is 1. The van der Waals surface area contributed by atoms with Crippen molar-refractivity contribution in [1.82, 2.24) is 15.6 Å². The van der Waals surface area contributed by atoms with Crippen LogP contribution >= 0.6 is 11.6 Å². The van der Waals surface area contributed by atoms with Gasteiger partial charge in [0, 0.05) is 32.8 Å². The zero-order chi connectivity index (χ0) is 17.9. The van der Waals surface area contributed by atoms with Crippen LogP contribution in [0.3, 0.4) is 0 Å². The van der Waals surface area contributed by atoms with Crippen LogP contribution in [0.4, 0.5) is 0 Å². The topological polar surface area (TPSA) is 75.6 Å². The van der Waals surface area contributed by atoms with Gasteiger partial charge in [-0.3, -0.25) is 9.79 Å². The predicted molar refractivity (Wildman–Crippen MR) is 99.9 cm³/mol. The summed E-state index contributed by atoms with van der Waals surface area (Å²) in [6, 6.07) is 3.75. The summed E-state index contributed by atoms with van der Waals surface area (Å²) in [5, 5.41) is 6.95. The number of guanidine groups is 1. The lowest BCUT2D eigenvalue weighted by molar-refractivity contribution is -0.148. The molecule has 138 valence electrons. The van der Waals surface area contributed by atoms with E-state index in [9.17, 15) is 4.79 Å². The minimum atomic E-state index is -0.0908. The Morgan fingerprint density at radius 2 is 2.08 bits per heavy atom. The standard InChI is InChI=1S/C18H27ClN4O2/c1-20-18(22-12-10-14-8-9-16(19)23-13-14)21-11-4-7-17(24)25-15-5-2-3-6-15/h8-9,13,15H,2-7,10-12H2,1H3,(H2,20,21,22). The van der Waals surface area contributed by atoms with Crippen molar-refractivity contribution in [2.75, 3.05) is 20.1 Å². The van der Waals surface area contributed by atoms with Crippen molar-refractivity contribution in [3.05, 3.63) is 29.0 Å². The van der Waals surface area contributed by atoms with Crippen LogP contribution in [-0.4, -0.2) is 43.2 Å². The van der Waals surface area contributed by atoms with E-state index in [0.717, 1.165) is 43.8 Å². The molecule has 25 heavy (non-hydrogen) atoms. The molecular weight excluding hydrogens is 340 g/mol. The molecule has 1 aliphatic carbocycles. The van der Waals surface area contributed by atoms with Gasteiger partial charge in [0.1, 0.15) is 11.3 Å². The first-order valence-electron chi connectivity index (χ1n) is 8.92. The Labute approximate surface area is 154 Å². The van der Waals surface area contributed by atoms with E-state index in [2.05, 4.69) is 20.6 Å². The molecule has 0 spiro atoms. The third-order valence-electron chi connectivity index (χ3n) is 4.17. The second-order valence-electron chi connectivity index (χ2n) is 6.16. The van der Waals surface area contributed by atoms with Crippen molar-refractivity contribution in [2.45, 2.75) is 51.0 Å². The molecule has 0 atom stereocenters. The number of pyridine rings is 1. The third-order valence-corrected chi connectivity index (χ3v) is 4.39. The summed E-state index contributed by atoms with van der Waals surface area (Å²) in [5.41, 5.74) is 1.11. The van der Waals surface area contributed by atoms with E-state index in [1.807, 2.05) is 6.07 Å². The van der Waals surface area contributed by atoms with Gasteiger partial charge in [0.15, 0.2) is 5.96 Å². The van der Waals surface area contributed by atoms with Crippen LogP contribution in [0.2, 0.25) is 5.15 Å². The lowest BCUT2D eigenvalue weighted by Crippen LogP contribution is -2.38. The Bertz CT molecular complexity index is 557. The highest BCUT2D eigenvalue weighted by molar-refractivity contribution is 6.29. The van der Waals surface area contributed by atoms with E-state index >= 15 is 0 Å². The molecule has 0 bridgehead atoms. The van der Waals surface area contributed by atoms with Crippen LogP contribution in [0.1, 0.15) is 44.1 Å². The Morgan fingerprint density at radius 3 is 2.76 bits per heavy atom. The average molecular weight is 367 g/mol. The number of hydrogen-bond acceptors (Lipinski definition) is 4. The number of aromatic nitrogens is 1. The van der Waals surface area contributed by atoms with Gasteiger partial charge in [0.2, 0.25) is 0 Å². The lowest BCUT2D eigenvalue weighted by atomic mass is 10.2. The quantitative estimate of drug-likeness (QED) is 0.243. The van der Waals surface area contributed by atoms with Crippen LogP contribution in [0.5, 0.6) is 0 Å². The smallest absolute Gasteiger partial charge is 0.306 e. The molecule has 0 unspecified atom stereocenters. The van der Waals surface area contributed by atoms with Crippen molar-refractivity contribution >= 4 is 23.5 Å². The van der Waals surface area contributed by atoms with Crippen LogP contribution in [-0.2, 0) is 16.0 Å². The third kappa shape index (κ3) is 7.73. The van der Waals surface area contributed by atoms with Gasteiger partial charge in [0.25, 0.3) is 0 Å². The van der Waals surface area contributed by atoms with Gasteiger partial charge < -0.3 is 15.4 Å². The van der Waals surface area contributed by atoms with Gasteiger partial charge in [-0.1, -0.05) is 17.7 Å². The van der Waals surface area contributed by atoms with E-state index in [4.69, 9.17) is 16.3 Å². The van der Waals surface area contributed by atoms with E-state index in [1.165, 1.54) is 12.8 Å². The minimum absolute atomic E-state index is 0.0908. The Morgan fingerprint density at radius 1 is 1.32 bits per heavy atom. The second-order valence-corrected chi connectivity index (χ2v) is 6.55. The first kappa shape index (κ1) is 19.5. The number of rotatable bonds is 8. The highest BCUT2D eigenvalue weighted by Crippen LogP contribution is 2.21. The molecule has 0 aliphatic heterocycles. The molecule has 2 rings (SSSR count). The van der Waals surface area contributed by atoms with E-state index in [-0.39, 0.29) is 12.1 Å². The normalized spacial score (nSPS) is 15.2. The van der Waals surface area contributed by atoms with Crippen molar-refractivity contribution in [2.24, 2.45) is 4.99 Å². The van der Waals surface area contributed by atoms with Gasteiger partial charge in [-0.15, -0.1) is 0 Å². The van der Waals surface area contributed by atoms with Gasteiger partial charge in [-0.05, 0) is 50.2 Å². The highest BCUT2D eigenvalue weighted by Gasteiger charge is 2.18. The largest absolute Gasteiger partial charge is 0.462 e.